The van der Waals surface area contributed by atoms with Crippen LogP contribution in [0.25, 0.3) is 11.3 Å². The van der Waals surface area contributed by atoms with Gasteiger partial charge in [0.2, 0.25) is 9.84 Å². The Bertz CT molecular complexity index is 1100. The van der Waals surface area contributed by atoms with Gasteiger partial charge in [-0.1, -0.05) is 30.3 Å². The topological polar surface area (TPSA) is 72.4 Å². The molecule has 0 aliphatic carbocycles. The van der Waals surface area contributed by atoms with Gasteiger partial charge < -0.3 is 9.64 Å². The molecule has 6 nitrogen and oxygen atoms in total. The lowest BCUT2D eigenvalue weighted by atomic mass is 10.1. The Morgan fingerprint density at radius 2 is 1.78 bits per heavy atom. The van der Waals surface area contributed by atoms with Crippen LogP contribution in [0.15, 0.2) is 71.8 Å². The molecule has 0 spiro atoms. The van der Waals surface area contributed by atoms with Crippen molar-refractivity contribution in [3.63, 3.8) is 0 Å². The lowest BCUT2D eigenvalue weighted by Crippen LogP contribution is -2.28. The molecule has 0 radical (unpaired) electrons. The number of likely N-dealkylation sites (tertiary alicyclic amines) is 1. The minimum atomic E-state index is -3.54. The summed E-state index contributed by atoms with van der Waals surface area (Å²) in [6.45, 7) is 5.26. The summed E-state index contributed by atoms with van der Waals surface area (Å²) in [4.78, 5) is 2.52. The van der Waals surface area contributed by atoms with Crippen molar-refractivity contribution in [2.75, 3.05) is 19.7 Å². The Kier molecular flexibility index (Phi) is 7.17. The van der Waals surface area contributed by atoms with E-state index >= 15 is 0 Å². The fourth-order valence-corrected chi connectivity index (χ4v) is 5.23. The summed E-state index contributed by atoms with van der Waals surface area (Å²) in [7, 11) is -3.54. The summed E-state index contributed by atoms with van der Waals surface area (Å²) in [5, 5.41) is 8.10. The highest BCUT2D eigenvalue weighted by Gasteiger charge is 2.19. The van der Waals surface area contributed by atoms with E-state index in [2.05, 4.69) is 22.0 Å². The Hall–Kier alpha value is -2.77. The quantitative estimate of drug-likeness (QED) is 0.450. The second-order valence-electron chi connectivity index (χ2n) is 8.26. The van der Waals surface area contributed by atoms with Crippen LogP contribution < -0.4 is 4.74 Å². The van der Waals surface area contributed by atoms with Crippen LogP contribution in [-0.4, -0.2) is 49.3 Å². The van der Waals surface area contributed by atoms with Gasteiger partial charge in [-0.2, -0.15) is 0 Å². The number of hydrogen-bond acceptors (Lipinski definition) is 6. The molecule has 0 amide bonds. The Morgan fingerprint density at radius 3 is 2.44 bits per heavy atom. The van der Waals surface area contributed by atoms with E-state index in [0.717, 1.165) is 29.8 Å². The van der Waals surface area contributed by atoms with Crippen LogP contribution in [0.2, 0.25) is 0 Å². The number of benzene rings is 2. The third-order valence-corrected chi connectivity index (χ3v) is 7.43. The van der Waals surface area contributed by atoms with E-state index in [1.165, 1.54) is 25.5 Å². The van der Waals surface area contributed by atoms with Gasteiger partial charge in [-0.05, 0) is 74.7 Å². The molecule has 1 aliphatic heterocycles. The minimum absolute atomic E-state index is 0.0163. The van der Waals surface area contributed by atoms with Crippen LogP contribution in [0, 0.1) is 0 Å². The van der Waals surface area contributed by atoms with E-state index in [1.807, 2.05) is 42.5 Å². The van der Waals surface area contributed by atoms with Gasteiger partial charge in [0.05, 0.1) is 18.1 Å². The Labute approximate surface area is 190 Å². The summed E-state index contributed by atoms with van der Waals surface area (Å²) in [5.41, 5.74) is 2.21. The maximum atomic E-state index is 12.6. The molecule has 1 unspecified atom stereocenters. The first-order valence-corrected chi connectivity index (χ1v) is 12.7. The second kappa shape index (κ2) is 10.2. The highest BCUT2D eigenvalue weighted by Crippen LogP contribution is 2.22. The van der Waals surface area contributed by atoms with E-state index in [9.17, 15) is 8.42 Å². The number of aromatic nitrogens is 2. The standard InChI is InChI=1S/C25H29N3O3S/c1-20-7-5-16-28(20)17-6-18-31-23-12-10-22(11-13-23)24-14-15-25(27-26-24)32(29,30)19-21-8-3-2-4-9-21/h2-4,8-15,20H,5-7,16-19H2,1H3. The van der Waals surface area contributed by atoms with E-state index in [0.29, 0.717) is 18.3 Å². The molecule has 1 aromatic heterocycles. The van der Waals surface area contributed by atoms with E-state index in [1.54, 1.807) is 18.2 Å². The van der Waals surface area contributed by atoms with Crippen LogP contribution in [0.3, 0.4) is 0 Å². The summed E-state index contributed by atoms with van der Waals surface area (Å²) in [6, 6.07) is 20.6. The molecule has 7 heteroatoms. The minimum Gasteiger partial charge on any atom is -0.494 e. The third-order valence-electron chi connectivity index (χ3n) is 5.86. The lowest BCUT2D eigenvalue weighted by molar-refractivity contribution is 0.230. The summed E-state index contributed by atoms with van der Waals surface area (Å²) >= 11 is 0. The van der Waals surface area contributed by atoms with Crippen molar-refractivity contribution in [3.05, 3.63) is 72.3 Å². The summed E-state index contributed by atoms with van der Waals surface area (Å²) in [6.07, 6.45) is 3.61. The lowest BCUT2D eigenvalue weighted by Gasteiger charge is -2.20. The molecule has 2 heterocycles. The summed E-state index contributed by atoms with van der Waals surface area (Å²) in [5.74, 6) is 0.725. The zero-order valence-corrected chi connectivity index (χ0v) is 19.2. The van der Waals surface area contributed by atoms with Crippen molar-refractivity contribution >= 4 is 9.84 Å². The molecule has 0 saturated carbocycles. The van der Waals surface area contributed by atoms with Crippen LogP contribution in [-0.2, 0) is 15.6 Å². The molecule has 0 bridgehead atoms. The van der Waals surface area contributed by atoms with Crippen molar-refractivity contribution < 1.29 is 13.2 Å². The molecular weight excluding hydrogens is 422 g/mol. The molecule has 4 rings (SSSR count). The fraction of sp³-hybridized carbons (Fsp3) is 0.360. The van der Waals surface area contributed by atoms with Crippen LogP contribution in [0.4, 0.5) is 0 Å². The monoisotopic (exact) mass is 451 g/mol. The van der Waals surface area contributed by atoms with Gasteiger partial charge in [0.15, 0.2) is 5.03 Å². The van der Waals surface area contributed by atoms with Gasteiger partial charge in [-0.3, -0.25) is 0 Å². The first-order chi connectivity index (χ1) is 15.5. The molecule has 168 valence electrons. The third kappa shape index (κ3) is 5.72. The highest BCUT2D eigenvalue weighted by molar-refractivity contribution is 7.90. The van der Waals surface area contributed by atoms with Crippen LogP contribution in [0.5, 0.6) is 5.75 Å². The molecule has 1 saturated heterocycles. The largest absolute Gasteiger partial charge is 0.494 e. The highest BCUT2D eigenvalue weighted by atomic mass is 32.2. The zero-order chi connectivity index (χ0) is 22.4. The van der Waals surface area contributed by atoms with Gasteiger partial charge in [0, 0.05) is 18.2 Å². The van der Waals surface area contributed by atoms with Gasteiger partial charge >= 0.3 is 0 Å². The van der Waals surface area contributed by atoms with Crippen molar-refractivity contribution in [3.8, 4) is 17.0 Å². The summed E-state index contributed by atoms with van der Waals surface area (Å²) < 4.78 is 31.1. The first kappa shape index (κ1) is 22.4. The molecule has 3 aromatic rings. The zero-order valence-electron chi connectivity index (χ0n) is 18.4. The number of ether oxygens (including phenoxy) is 1. The molecule has 0 N–H and O–H groups in total. The SMILES string of the molecule is CC1CCCN1CCCOc1ccc(-c2ccc(S(=O)(=O)Cc3ccccc3)nn2)cc1. The van der Waals surface area contributed by atoms with Crippen LogP contribution >= 0.6 is 0 Å². The normalized spacial score (nSPS) is 16.8. The van der Waals surface area contributed by atoms with Crippen molar-refractivity contribution in [1.82, 2.24) is 15.1 Å². The van der Waals surface area contributed by atoms with Gasteiger partial charge in [0.25, 0.3) is 0 Å². The number of rotatable bonds is 9. The molecular formula is C25H29N3O3S. The van der Waals surface area contributed by atoms with Gasteiger partial charge in [0.1, 0.15) is 5.75 Å². The first-order valence-electron chi connectivity index (χ1n) is 11.1. The number of nitrogens with zero attached hydrogens (tertiary/aromatic N) is 3. The molecule has 1 aliphatic rings. The number of sulfone groups is 1. The van der Waals surface area contributed by atoms with Gasteiger partial charge in [-0.15, -0.1) is 10.2 Å². The van der Waals surface area contributed by atoms with Crippen LogP contribution in [0.1, 0.15) is 31.7 Å². The van der Waals surface area contributed by atoms with Gasteiger partial charge in [-0.25, -0.2) is 8.42 Å². The fourth-order valence-electron chi connectivity index (χ4n) is 4.01. The maximum Gasteiger partial charge on any atom is 0.201 e. The predicted molar refractivity (Wildman–Crippen MR) is 125 cm³/mol. The smallest absolute Gasteiger partial charge is 0.201 e. The Balaban J connectivity index is 1.32. The maximum absolute atomic E-state index is 12.6. The molecule has 2 aromatic carbocycles. The molecule has 1 fully saturated rings. The van der Waals surface area contributed by atoms with Crippen molar-refractivity contribution in [1.29, 1.82) is 0 Å². The Morgan fingerprint density at radius 1 is 1.00 bits per heavy atom. The van der Waals surface area contributed by atoms with E-state index < -0.39 is 9.84 Å². The van der Waals surface area contributed by atoms with E-state index in [-0.39, 0.29) is 10.8 Å². The predicted octanol–water partition coefficient (Wildman–Crippen LogP) is 4.37. The van der Waals surface area contributed by atoms with Crippen molar-refractivity contribution in [2.45, 2.75) is 43.0 Å². The molecule has 32 heavy (non-hydrogen) atoms. The second-order valence-corrected chi connectivity index (χ2v) is 10.2. The average molecular weight is 452 g/mol. The number of hydrogen-bond donors (Lipinski definition) is 0. The van der Waals surface area contributed by atoms with E-state index in [4.69, 9.17) is 4.74 Å². The average Bonchev–Trinajstić information content (AvgIpc) is 3.22. The molecule has 1 atom stereocenters. The van der Waals surface area contributed by atoms with Crippen molar-refractivity contribution in [2.24, 2.45) is 0 Å².